The third kappa shape index (κ3) is 9.73. The number of hydrogen-bond acceptors (Lipinski definition) is 2. The van der Waals surface area contributed by atoms with Crippen LogP contribution in [0.2, 0.25) is 0 Å². The van der Waals surface area contributed by atoms with Crippen molar-refractivity contribution in [2.75, 3.05) is 13.1 Å². The Morgan fingerprint density at radius 3 is 1.46 bits per heavy atom. The summed E-state index contributed by atoms with van der Waals surface area (Å²) in [7, 11) is 0. The fourth-order valence-corrected chi connectivity index (χ4v) is 2.64. The third-order valence-corrected chi connectivity index (χ3v) is 3.59. The van der Waals surface area contributed by atoms with Crippen molar-refractivity contribution < 1.29 is 0 Å². The van der Waals surface area contributed by atoms with E-state index in [-0.39, 0.29) is 36.7 Å². The van der Waals surface area contributed by atoms with Crippen LogP contribution in [0.1, 0.15) is 38.8 Å². The first-order chi connectivity index (χ1) is 11.2. The Hall–Kier alpha value is -1.66. The Morgan fingerprint density at radius 1 is 0.846 bits per heavy atom. The molecule has 0 atom stereocenters. The van der Waals surface area contributed by atoms with Crippen LogP contribution in [0.4, 0.5) is 0 Å². The van der Waals surface area contributed by atoms with Gasteiger partial charge in [-0.15, -0.1) is 24.8 Å². The minimum absolute atomic E-state index is 0. The summed E-state index contributed by atoms with van der Waals surface area (Å²) in [6.07, 6.45) is 0. The SMILES string of the molecule is CC(C)CN(Cc1cccc(CN(CC(C)C)C(=N)N)c1)C(=N)N.Cl.Cl. The van der Waals surface area contributed by atoms with Crippen LogP contribution in [0.15, 0.2) is 24.3 Å². The lowest BCUT2D eigenvalue weighted by molar-refractivity contribution is 0.349. The molecule has 0 heterocycles. The number of halogens is 2. The number of rotatable bonds is 8. The zero-order valence-electron chi connectivity index (χ0n) is 16.2. The third-order valence-electron chi connectivity index (χ3n) is 3.59. The summed E-state index contributed by atoms with van der Waals surface area (Å²) in [5, 5.41) is 15.5. The minimum atomic E-state index is 0. The summed E-state index contributed by atoms with van der Waals surface area (Å²) in [5.74, 6) is 1.08. The monoisotopic (exact) mass is 404 g/mol. The van der Waals surface area contributed by atoms with Gasteiger partial charge in [0.2, 0.25) is 0 Å². The maximum atomic E-state index is 7.75. The fraction of sp³-hybridized carbons (Fsp3) is 0.556. The quantitative estimate of drug-likeness (QED) is 0.394. The summed E-state index contributed by atoms with van der Waals surface area (Å²) >= 11 is 0. The lowest BCUT2D eigenvalue weighted by Gasteiger charge is -2.26. The van der Waals surface area contributed by atoms with Gasteiger partial charge in [-0.3, -0.25) is 10.8 Å². The Kier molecular flexibility index (Phi) is 12.9. The summed E-state index contributed by atoms with van der Waals surface area (Å²) in [6, 6.07) is 8.19. The first-order valence-corrected chi connectivity index (χ1v) is 8.44. The van der Waals surface area contributed by atoms with E-state index in [9.17, 15) is 0 Å². The Labute approximate surface area is 170 Å². The molecule has 0 aromatic heterocycles. The molecule has 0 aliphatic carbocycles. The van der Waals surface area contributed by atoms with Crippen molar-refractivity contribution in [2.45, 2.75) is 40.8 Å². The number of hydrogen-bond donors (Lipinski definition) is 4. The van der Waals surface area contributed by atoms with Gasteiger partial charge < -0.3 is 21.3 Å². The molecule has 0 fully saturated rings. The number of nitrogens with zero attached hydrogens (tertiary/aromatic N) is 2. The normalized spacial score (nSPS) is 10.1. The second-order valence-corrected chi connectivity index (χ2v) is 7.14. The maximum Gasteiger partial charge on any atom is 0.188 e. The largest absolute Gasteiger partial charge is 0.370 e. The van der Waals surface area contributed by atoms with Crippen LogP contribution >= 0.6 is 24.8 Å². The molecule has 150 valence electrons. The van der Waals surface area contributed by atoms with Gasteiger partial charge in [0.05, 0.1) is 0 Å². The van der Waals surface area contributed by atoms with Crippen LogP contribution in [0.3, 0.4) is 0 Å². The van der Waals surface area contributed by atoms with E-state index in [1.165, 1.54) is 0 Å². The van der Waals surface area contributed by atoms with Crippen LogP contribution < -0.4 is 11.5 Å². The number of guanidine groups is 2. The van der Waals surface area contributed by atoms with Crippen LogP contribution in [-0.2, 0) is 13.1 Å². The highest BCUT2D eigenvalue weighted by Crippen LogP contribution is 2.13. The van der Waals surface area contributed by atoms with Gasteiger partial charge in [-0.05, 0) is 23.0 Å². The molecule has 0 radical (unpaired) electrons. The van der Waals surface area contributed by atoms with E-state index in [0.29, 0.717) is 24.9 Å². The zero-order chi connectivity index (χ0) is 18.3. The van der Waals surface area contributed by atoms with E-state index in [2.05, 4.69) is 33.8 Å². The van der Waals surface area contributed by atoms with Crippen LogP contribution in [0, 0.1) is 22.7 Å². The van der Waals surface area contributed by atoms with E-state index in [0.717, 1.165) is 24.2 Å². The van der Waals surface area contributed by atoms with Gasteiger partial charge in [-0.1, -0.05) is 52.0 Å². The first kappa shape index (κ1) is 26.6. The molecule has 0 aliphatic heterocycles. The van der Waals surface area contributed by atoms with Gasteiger partial charge in [-0.2, -0.15) is 0 Å². The molecule has 0 saturated heterocycles. The average Bonchev–Trinajstić information content (AvgIpc) is 2.45. The molecule has 6 nitrogen and oxygen atoms in total. The van der Waals surface area contributed by atoms with E-state index in [4.69, 9.17) is 22.3 Å². The molecule has 0 spiro atoms. The molecule has 6 N–H and O–H groups in total. The average molecular weight is 405 g/mol. The number of nitrogens with one attached hydrogen (secondary N) is 2. The van der Waals surface area contributed by atoms with Gasteiger partial charge in [0.15, 0.2) is 11.9 Å². The molecule has 0 aliphatic rings. The molecule has 0 saturated carbocycles. The summed E-state index contributed by atoms with van der Waals surface area (Å²) in [5.41, 5.74) is 13.6. The first-order valence-electron chi connectivity index (χ1n) is 8.44. The molecule has 8 heteroatoms. The van der Waals surface area contributed by atoms with Crippen molar-refractivity contribution in [3.05, 3.63) is 35.4 Å². The second-order valence-electron chi connectivity index (χ2n) is 7.14. The highest BCUT2D eigenvalue weighted by Gasteiger charge is 2.12. The standard InChI is InChI=1S/C18H32N6.2ClH/c1-13(2)9-23(17(19)20)11-15-6-5-7-16(8-15)12-24(18(21)22)10-14(3)4;;/h5-8,13-14H,9-12H2,1-4H3,(H3,19,20)(H3,21,22);2*1H. The fourth-order valence-electron chi connectivity index (χ4n) is 2.64. The lowest BCUT2D eigenvalue weighted by atomic mass is 10.1. The lowest BCUT2D eigenvalue weighted by Crippen LogP contribution is -2.39. The zero-order valence-corrected chi connectivity index (χ0v) is 17.8. The second kappa shape index (κ2) is 12.7. The Bertz CT molecular complexity index is 517. The van der Waals surface area contributed by atoms with E-state index >= 15 is 0 Å². The van der Waals surface area contributed by atoms with Crippen LogP contribution in [-0.4, -0.2) is 34.8 Å². The number of nitrogens with two attached hydrogens (primary N) is 2. The molecular weight excluding hydrogens is 371 g/mol. The van der Waals surface area contributed by atoms with Crippen molar-refractivity contribution in [3.63, 3.8) is 0 Å². The topological polar surface area (TPSA) is 106 Å². The molecule has 0 bridgehead atoms. The van der Waals surface area contributed by atoms with Crippen molar-refractivity contribution in [2.24, 2.45) is 23.3 Å². The molecule has 0 unspecified atom stereocenters. The molecule has 1 rings (SSSR count). The molecule has 0 amide bonds. The minimum Gasteiger partial charge on any atom is -0.370 e. The van der Waals surface area contributed by atoms with Crippen molar-refractivity contribution in [1.82, 2.24) is 9.80 Å². The summed E-state index contributed by atoms with van der Waals surface area (Å²) < 4.78 is 0. The Balaban J connectivity index is 0. The predicted octanol–water partition coefficient (Wildman–Crippen LogP) is 3.23. The van der Waals surface area contributed by atoms with Crippen LogP contribution in [0.5, 0.6) is 0 Å². The van der Waals surface area contributed by atoms with Crippen LogP contribution in [0.25, 0.3) is 0 Å². The summed E-state index contributed by atoms with van der Waals surface area (Å²) in [4.78, 5) is 3.75. The van der Waals surface area contributed by atoms with E-state index < -0.39 is 0 Å². The highest BCUT2D eigenvalue weighted by molar-refractivity contribution is 5.85. The molecule has 26 heavy (non-hydrogen) atoms. The molecule has 1 aromatic rings. The number of benzene rings is 1. The smallest absolute Gasteiger partial charge is 0.188 e. The van der Waals surface area contributed by atoms with Gasteiger partial charge in [0.1, 0.15) is 0 Å². The van der Waals surface area contributed by atoms with E-state index in [1.807, 2.05) is 28.0 Å². The van der Waals surface area contributed by atoms with Gasteiger partial charge in [0, 0.05) is 26.2 Å². The van der Waals surface area contributed by atoms with Crippen molar-refractivity contribution in [3.8, 4) is 0 Å². The highest BCUT2D eigenvalue weighted by atomic mass is 35.5. The molecular formula is C18H34Cl2N6. The van der Waals surface area contributed by atoms with Gasteiger partial charge >= 0.3 is 0 Å². The van der Waals surface area contributed by atoms with Crippen molar-refractivity contribution in [1.29, 1.82) is 10.8 Å². The molecule has 1 aromatic carbocycles. The van der Waals surface area contributed by atoms with E-state index in [1.54, 1.807) is 0 Å². The summed E-state index contributed by atoms with van der Waals surface area (Å²) in [6.45, 7) is 11.2. The predicted molar refractivity (Wildman–Crippen MR) is 115 cm³/mol. The van der Waals surface area contributed by atoms with Crippen molar-refractivity contribution >= 4 is 36.7 Å². The maximum absolute atomic E-state index is 7.75. The van der Waals surface area contributed by atoms with Gasteiger partial charge in [0.25, 0.3) is 0 Å². The van der Waals surface area contributed by atoms with Gasteiger partial charge in [-0.25, -0.2) is 0 Å². The Morgan fingerprint density at radius 2 is 1.19 bits per heavy atom.